The van der Waals surface area contributed by atoms with E-state index in [1.807, 2.05) is 0 Å². The minimum absolute atomic E-state index is 1.73. The van der Waals surface area contributed by atoms with E-state index in [4.69, 9.17) is 0 Å². The highest BCUT2D eigenvalue weighted by Crippen LogP contribution is 2.23. The van der Waals surface area contributed by atoms with E-state index in [9.17, 15) is 21.6 Å². The van der Waals surface area contributed by atoms with Crippen molar-refractivity contribution in [2.75, 3.05) is 0 Å². The first-order chi connectivity index (χ1) is 4.81. The second kappa shape index (κ2) is 3.25. The second-order valence-corrected chi connectivity index (χ2v) is 4.38. The largest absolute Gasteiger partial charge is 0.522 e. The molecule has 11 heavy (non-hydrogen) atoms. The van der Waals surface area contributed by atoms with Crippen molar-refractivity contribution in [3.8, 4) is 12.0 Å². The first-order valence-corrected chi connectivity index (χ1v) is 4.89. The lowest BCUT2D eigenvalue weighted by Crippen LogP contribution is -2.26. The van der Waals surface area contributed by atoms with E-state index in [1.165, 1.54) is 0 Å². The van der Waals surface area contributed by atoms with E-state index in [0.717, 1.165) is 0 Å². The Labute approximate surface area is 63.6 Å². The molecule has 8 heteroatoms. The summed E-state index contributed by atoms with van der Waals surface area (Å²) in [5.74, 6) is 0. The molecule has 64 valence electrons. The summed E-state index contributed by atoms with van der Waals surface area (Å²) < 4.78 is 57.7. The van der Waals surface area contributed by atoms with E-state index in [1.54, 1.807) is 5.54 Å². The molecule has 0 radical (unpaired) electrons. The number of hydrogen-bond acceptors (Lipinski definition) is 3. The van der Waals surface area contributed by atoms with Crippen LogP contribution >= 0.6 is 0 Å². The lowest BCUT2D eigenvalue weighted by Gasteiger charge is -2.05. The van der Waals surface area contributed by atoms with Crippen LogP contribution in [-0.4, -0.2) is 23.7 Å². The predicted octanol–water partition coefficient (Wildman–Crippen LogP) is -0.473. The third-order valence-corrected chi connectivity index (χ3v) is 3.03. The summed E-state index contributed by atoms with van der Waals surface area (Å²) in [6.07, 6.45) is 4.53. The summed E-state index contributed by atoms with van der Waals surface area (Å²) >= 11 is 0. The average molecular weight is 204 g/mol. The van der Waals surface area contributed by atoms with Gasteiger partial charge in [-0.05, 0) is 0 Å². The summed E-state index contributed by atoms with van der Waals surface area (Å²) in [6.45, 7) is 0. The number of alkyl halides is 3. The Morgan fingerprint density at radius 2 is 1.91 bits per heavy atom. The number of rotatable bonds is 2. The van der Waals surface area contributed by atoms with Crippen LogP contribution in [0.25, 0.3) is 0 Å². The fourth-order valence-corrected chi connectivity index (χ4v) is 1.61. The van der Waals surface area contributed by atoms with Crippen molar-refractivity contribution in [3.05, 3.63) is 0 Å². The number of hydrogen-bond donors (Lipinski definition) is 0. The Bertz CT molecular complexity index is 261. The van der Waals surface area contributed by atoms with Crippen LogP contribution in [0.4, 0.5) is 13.2 Å². The van der Waals surface area contributed by atoms with Crippen molar-refractivity contribution >= 4 is 19.9 Å². The smallest absolute Gasteiger partial charge is 0.301 e. The van der Waals surface area contributed by atoms with Gasteiger partial charge in [0.2, 0.25) is 0 Å². The molecule has 0 aliphatic carbocycles. The standard InChI is InChI=1S/C3H3F3O3SSi/c1-2-11-9-10(7,8)3(4,5)6/h1H,11H2. The third-order valence-electron chi connectivity index (χ3n) is 0.581. The molecular formula is C3H3F3O3SSi. The SMILES string of the molecule is C#C[SiH2]OS(=O)(=O)C(F)(F)F. The van der Waals surface area contributed by atoms with E-state index in [2.05, 4.69) is 10.3 Å². The number of halogens is 3. The van der Waals surface area contributed by atoms with E-state index in [0.29, 0.717) is 0 Å². The second-order valence-electron chi connectivity index (χ2n) is 1.37. The number of terminal acetylenes is 1. The molecule has 0 heterocycles. The predicted molar refractivity (Wildman–Crippen MR) is 33.4 cm³/mol. The molecule has 0 aromatic carbocycles. The zero-order chi connectivity index (χ0) is 9.12. The molecule has 0 N–H and O–H groups in total. The molecule has 0 aliphatic rings. The summed E-state index contributed by atoms with van der Waals surface area (Å²) in [5.41, 5.74) is -3.63. The molecule has 0 saturated heterocycles. The molecule has 0 aliphatic heterocycles. The molecule has 0 atom stereocenters. The van der Waals surface area contributed by atoms with Crippen molar-refractivity contribution in [3.63, 3.8) is 0 Å². The highest BCUT2D eigenvalue weighted by atomic mass is 32.2. The van der Waals surface area contributed by atoms with Crippen LogP contribution in [0.3, 0.4) is 0 Å². The van der Waals surface area contributed by atoms with Gasteiger partial charge in [0.15, 0.2) is 0 Å². The van der Waals surface area contributed by atoms with Crippen molar-refractivity contribution in [1.29, 1.82) is 0 Å². The maximum atomic E-state index is 11.4. The van der Waals surface area contributed by atoms with Gasteiger partial charge in [-0.25, -0.2) is 0 Å². The topological polar surface area (TPSA) is 43.4 Å². The molecule has 0 aromatic rings. The van der Waals surface area contributed by atoms with Gasteiger partial charge in [0.25, 0.3) is 9.76 Å². The van der Waals surface area contributed by atoms with Crippen molar-refractivity contribution in [2.24, 2.45) is 0 Å². The van der Waals surface area contributed by atoms with Crippen LogP contribution < -0.4 is 0 Å². The van der Waals surface area contributed by atoms with Crippen molar-refractivity contribution in [2.45, 2.75) is 5.51 Å². The Morgan fingerprint density at radius 3 is 2.18 bits per heavy atom. The minimum atomic E-state index is -5.44. The fourth-order valence-electron chi connectivity index (χ4n) is 0.178. The summed E-state index contributed by atoms with van der Waals surface area (Å²) in [7, 11) is -7.48. The summed E-state index contributed by atoms with van der Waals surface area (Å²) in [4.78, 5) is 0. The van der Waals surface area contributed by atoms with Gasteiger partial charge in [-0.3, -0.25) is 0 Å². The monoisotopic (exact) mass is 204 g/mol. The first-order valence-electron chi connectivity index (χ1n) is 2.20. The van der Waals surface area contributed by atoms with E-state index >= 15 is 0 Å². The van der Waals surface area contributed by atoms with Gasteiger partial charge in [0.05, 0.1) is 0 Å². The maximum Gasteiger partial charge on any atom is 0.522 e. The summed E-state index contributed by atoms with van der Waals surface area (Å²) in [5, 5.41) is 0. The van der Waals surface area contributed by atoms with Crippen molar-refractivity contribution < 1.29 is 25.5 Å². The Morgan fingerprint density at radius 1 is 1.45 bits per heavy atom. The summed E-state index contributed by atoms with van der Waals surface area (Å²) in [6, 6.07) is 0. The van der Waals surface area contributed by atoms with Gasteiger partial charge in [-0.2, -0.15) is 21.6 Å². The van der Waals surface area contributed by atoms with Crippen LogP contribution in [0.1, 0.15) is 0 Å². The Kier molecular flexibility index (Phi) is 3.09. The minimum Gasteiger partial charge on any atom is -0.301 e. The maximum absolute atomic E-state index is 11.4. The zero-order valence-electron chi connectivity index (χ0n) is 5.05. The average Bonchev–Trinajstić information content (AvgIpc) is 1.81. The third kappa shape index (κ3) is 2.92. The molecular weight excluding hydrogens is 201 g/mol. The molecule has 0 aromatic heterocycles. The van der Waals surface area contributed by atoms with Gasteiger partial charge < -0.3 is 3.87 Å². The molecule has 0 bridgehead atoms. The molecule has 0 rings (SSSR count). The van der Waals surface area contributed by atoms with Crippen LogP contribution in [0.5, 0.6) is 0 Å². The van der Waals surface area contributed by atoms with Gasteiger partial charge in [-0.1, -0.05) is 0 Å². The molecule has 0 fully saturated rings. The van der Waals surface area contributed by atoms with Gasteiger partial charge in [0, 0.05) is 0 Å². The highest BCUT2D eigenvalue weighted by molar-refractivity contribution is 7.88. The fraction of sp³-hybridized carbons (Fsp3) is 0.333. The zero-order valence-corrected chi connectivity index (χ0v) is 7.28. The van der Waals surface area contributed by atoms with E-state index < -0.39 is 25.4 Å². The lowest BCUT2D eigenvalue weighted by atomic mass is 11.4. The van der Waals surface area contributed by atoms with Crippen LogP contribution in [0, 0.1) is 12.0 Å². The van der Waals surface area contributed by atoms with Gasteiger partial charge >= 0.3 is 15.6 Å². The van der Waals surface area contributed by atoms with Crippen LogP contribution in [-0.2, 0) is 14.0 Å². The Hall–Kier alpha value is -0.523. The Balaban J connectivity index is 4.41. The van der Waals surface area contributed by atoms with Crippen molar-refractivity contribution in [1.82, 2.24) is 0 Å². The normalized spacial score (nSPS) is 13.6. The van der Waals surface area contributed by atoms with Crippen LogP contribution in [0.2, 0.25) is 0 Å². The first kappa shape index (κ1) is 10.5. The molecule has 0 amide bonds. The van der Waals surface area contributed by atoms with Crippen LogP contribution in [0.15, 0.2) is 0 Å². The molecule has 3 nitrogen and oxygen atoms in total. The molecule has 0 unspecified atom stereocenters. The van der Waals surface area contributed by atoms with Gasteiger partial charge in [0.1, 0.15) is 0 Å². The van der Waals surface area contributed by atoms with E-state index in [-0.39, 0.29) is 0 Å². The van der Waals surface area contributed by atoms with Gasteiger partial charge in [-0.15, -0.1) is 12.0 Å². The lowest BCUT2D eigenvalue weighted by molar-refractivity contribution is -0.0498. The quantitative estimate of drug-likeness (QED) is 0.347. The molecule has 0 saturated carbocycles. The highest BCUT2D eigenvalue weighted by Gasteiger charge is 2.46. The molecule has 0 spiro atoms.